The predicted octanol–water partition coefficient (Wildman–Crippen LogP) is 15.3. The van der Waals surface area contributed by atoms with Gasteiger partial charge in [-0.2, -0.15) is 0 Å². The van der Waals surface area contributed by atoms with Gasteiger partial charge in [-0.05, 0) is 136 Å². The number of imidazole rings is 1. The van der Waals surface area contributed by atoms with E-state index in [2.05, 4.69) is 202 Å². The SMILES string of the molecule is Cc1ccc(-c2ccnc(-c3cc(-c4cccc5c4nc(-c4cc(C)cc(C)c4O)n5-c4ccc(C(C)(C)C)cc4-c4ccc(C(C)(C)C)cc4)cc(C(C)(C)C)c3)c2)cc1. The molecule has 0 aliphatic carbocycles. The van der Waals surface area contributed by atoms with E-state index < -0.39 is 0 Å². The molecule has 0 radical (unpaired) electrons. The van der Waals surface area contributed by atoms with Gasteiger partial charge in [-0.15, -0.1) is 0 Å². The number of fused-ring (bicyclic) bond motifs is 1. The van der Waals surface area contributed by atoms with E-state index in [0.29, 0.717) is 11.4 Å². The maximum absolute atomic E-state index is 11.8. The van der Waals surface area contributed by atoms with E-state index in [1.54, 1.807) is 0 Å². The molecule has 0 saturated carbocycles. The van der Waals surface area contributed by atoms with Crippen molar-refractivity contribution in [3.63, 3.8) is 0 Å². The van der Waals surface area contributed by atoms with Crippen molar-refractivity contribution in [1.29, 1.82) is 0 Å². The third kappa shape index (κ3) is 8.16. The van der Waals surface area contributed by atoms with Gasteiger partial charge in [0, 0.05) is 22.9 Å². The van der Waals surface area contributed by atoms with E-state index >= 15 is 0 Å². The van der Waals surface area contributed by atoms with E-state index in [-0.39, 0.29) is 22.0 Å². The first-order valence-corrected chi connectivity index (χ1v) is 21.5. The number of benzene rings is 6. The van der Waals surface area contributed by atoms with Crippen LogP contribution in [-0.4, -0.2) is 19.6 Å². The minimum atomic E-state index is -0.130. The van der Waals surface area contributed by atoms with Crippen molar-refractivity contribution in [1.82, 2.24) is 14.5 Å². The van der Waals surface area contributed by atoms with Crippen LogP contribution in [0.2, 0.25) is 0 Å². The molecule has 0 unspecified atom stereocenters. The van der Waals surface area contributed by atoms with Crippen molar-refractivity contribution in [3.05, 3.63) is 167 Å². The fraction of sp³-hybridized carbons (Fsp3) is 0.263. The molecule has 308 valence electrons. The molecule has 0 spiro atoms. The lowest BCUT2D eigenvalue weighted by molar-refractivity contribution is 0.472. The van der Waals surface area contributed by atoms with Crippen LogP contribution in [0.15, 0.2) is 134 Å². The molecule has 8 aromatic rings. The summed E-state index contributed by atoms with van der Waals surface area (Å²) in [6, 6.07) is 46.3. The second-order valence-corrected chi connectivity index (χ2v) is 20.1. The number of phenolic OH excluding ortho intramolecular Hbond substituents is 1. The summed E-state index contributed by atoms with van der Waals surface area (Å²) < 4.78 is 2.27. The number of hydrogen-bond acceptors (Lipinski definition) is 3. The van der Waals surface area contributed by atoms with Crippen molar-refractivity contribution in [2.45, 2.75) is 99.3 Å². The van der Waals surface area contributed by atoms with Gasteiger partial charge in [0.05, 0.1) is 28.0 Å². The smallest absolute Gasteiger partial charge is 0.149 e. The molecule has 6 aromatic carbocycles. The quantitative estimate of drug-likeness (QED) is 0.182. The van der Waals surface area contributed by atoms with E-state index in [1.165, 1.54) is 27.8 Å². The molecule has 4 heteroatoms. The summed E-state index contributed by atoms with van der Waals surface area (Å²) in [6.45, 7) is 26.5. The Labute approximate surface area is 363 Å². The number of pyridine rings is 1. The Bertz CT molecular complexity index is 2930. The lowest BCUT2D eigenvalue weighted by Crippen LogP contribution is -2.12. The second-order valence-electron chi connectivity index (χ2n) is 20.1. The fourth-order valence-electron chi connectivity index (χ4n) is 8.34. The lowest BCUT2D eigenvalue weighted by atomic mass is 9.83. The highest BCUT2D eigenvalue weighted by Crippen LogP contribution is 2.43. The van der Waals surface area contributed by atoms with Crippen molar-refractivity contribution in [3.8, 4) is 67.5 Å². The van der Waals surface area contributed by atoms with Crippen LogP contribution in [0, 0.1) is 20.8 Å². The third-order valence-electron chi connectivity index (χ3n) is 12.1. The largest absolute Gasteiger partial charge is 0.507 e. The molecular formula is C57H59N3O. The molecule has 2 aromatic heterocycles. The lowest BCUT2D eigenvalue weighted by Gasteiger charge is -2.24. The minimum Gasteiger partial charge on any atom is -0.507 e. The van der Waals surface area contributed by atoms with Gasteiger partial charge >= 0.3 is 0 Å². The summed E-state index contributed by atoms with van der Waals surface area (Å²) in [5, 5.41) is 11.8. The maximum atomic E-state index is 11.8. The second kappa shape index (κ2) is 15.3. The number of rotatable bonds is 6. The van der Waals surface area contributed by atoms with Gasteiger partial charge in [0.15, 0.2) is 0 Å². The minimum absolute atomic E-state index is 0.0312. The first-order chi connectivity index (χ1) is 28.8. The standard InChI is InChI=1S/C57H59N3O/c1-35-16-18-38(19-17-35)40-26-27-58-49(33-40)42-30-41(31-45(32-42)57(10,11)12)46-14-13-15-51-52(46)59-54(48-29-36(2)28-37(3)53(48)61)60(51)50-25-24-44(56(7,8)9)34-47(50)39-20-22-43(23-21-39)55(4,5)6/h13-34,61H,1-12H3. The topological polar surface area (TPSA) is 50.9 Å². The van der Waals surface area contributed by atoms with Gasteiger partial charge in [0.2, 0.25) is 0 Å². The van der Waals surface area contributed by atoms with Crippen LogP contribution < -0.4 is 0 Å². The monoisotopic (exact) mass is 801 g/mol. The van der Waals surface area contributed by atoms with Crippen LogP contribution in [0.5, 0.6) is 5.75 Å². The molecule has 0 aliphatic rings. The third-order valence-corrected chi connectivity index (χ3v) is 12.1. The zero-order valence-electron chi connectivity index (χ0n) is 38.0. The summed E-state index contributed by atoms with van der Waals surface area (Å²) in [6.07, 6.45) is 1.91. The fourth-order valence-corrected chi connectivity index (χ4v) is 8.34. The van der Waals surface area contributed by atoms with E-state index in [4.69, 9.17) is 9.97 Å². The highest BCUT2D eigenvalue weighted by molar-refractivity contribution is 5.98. The molecular weight excluding hydrogens is 743 g/mol. The number of phenols is 1. The molecule has 0 bridgehead atoms. The Morgan fingerprint density at radius 3 is 1.79 bits per heavy atom. The average Bonchev–Trinajstić information content (AvgIpc) is 3.60. The van der Waals surface area contributed by atoms with Crippen molar-refractivity contribution >= 4 is 11.0 Å². The van der Waals surface area contributed by atoms with Gasteiger partial charge in [0.1, 0.15) is 11.6 Å². The Hall–Kier alpha value is -6.26. The first-order valence-electron chi connectivity index (χ1n) is 21.5. The molecule has 4 nitrogen and oxygen atoms in total. The number of nitrogens with zero attached hydrogens (tertiary/aromatic N) is 3. The zero-order chi connectivity index (χ0) is 43.6. The van der Waals surface area contributed by atoms with Crippen LogP contribution >= 0.6 is 0 Å². The van der Waals surface area contributed by atoms with Crippen LogP contribution in [0.4, 0.5) is 0 Å². The highest BCUT2D eigenvalue weighted by atomic mass is 16.3. The van der Waals surface area contributed by atoms with E-state index in [1.807, 2.05) is 19.2 Å². The Balaban J connectivity index is 1.41. The van der Waals surface area contributed by atoms with Gasteiger partial charge in [-0.25, -0.2) is 4.98 Å². The molecule has 0 aliphatic heterocycles. The van der Waals surface area contributed by atoms with Gasteiger partial charge in [0.25, 0.3) is 0 Å². The van der Waals surface area contributed by atoms with E-state index in [0.717, 1.165) is 66.9 Å². The molecule has 2 heterocycles. The summed E-state index contributed by atoms with van der Waals surface area (Å²) in [5.41, 5.74) is 18.8. The van der Waals surface area contributed by atoms with Crippen LogP contribution in [0.25, 0.3) is 72.7 Å². The maximum Gasteiger partial charge on any atom is 0.149 e. The number of aromatic hydroxyl groups is 1. The van der Waals surface area contributed by atoms with Crippen LogP contribution in [0.3, 0.4) is 0 Å². The Morgan fingerprint density at radius 2 is 1.11 bits per heavy atom. The molecule has 0 amide bonds. The first kappa shape index (κ1) is 41.5. The van der Waals surface area contributed by atoms with Gasteiger partial charge in [-0.1, -0.05) is 147 Å². The zero-order valence-corrected chi connectivity index (χ0v) is 38.0. The molecule has 1 N–H and O–H groups in total. The number of hydrogen-bond donors (Lipinski definition) is 1. The van der Waals surface area contributed by atoms with E-state index in [9.17, 15) is 5.11 Å². The van der Waals surface area contributed by atoms with Crippen molar-refractivity contribution in [2.24, 2.45) is 0 Å². The Morgan fingerprint density at radius 1 is 0.475 bits per heavy atom. The van der Waals surface area contributed by atoms with Crippen molar-refractivity contribution < 1.29 is 5.11 Å². The summed E-state index contributed by atoms with van der Waals surface area (Å²) in [4.78, 5) is 10.5. The number of aryl methyl sites for hydroxylation is 3. The summed E-state index contributed by atoms with van der Waals surface area (Å²) in [7, 11) is 0. The highest BCUT2D eigenvalue weighted by Gasteiger charge is 2.26. The molecule has 0 atom stereocenters. The average molecular weight is 802 g/mol. The van der Waals surface area contributed by atoms with Gasteiger partial charge in [-0.3, -0.25) is 9.55 Å². The Kier molecular flexibility index (Phi) is 10.4. The summed E-state index contributed by atoms with van der Waals surface area (Å²) in [5.74, 6) is 0.935. The number of para-hydroxylation sites is 1. The summed E-state index contributed by atoms with van der Waals surface area (Å²) >= 11 is 0. The predicted molar refractivity (Wildman–Crippen MR) is 258 cm³/mol. The molecule has 61 heavy (non-hydrogen) atoms. The normalized spacial score (nSPS) is 12.3. The number of aromatic nitrogens is 3. The molecule has 0 saturated heterocycles. The van der Waals surface area contributed by atoms with Crippen LogP contribution in [0.1, 0.15) is 95.7 Å². The van der Waals surface area contributed by atoms with Crippen molar-refractivity contribution in [2.75, 3.05) is 0 Å². The molecule has 0 fully saturated rings. The van der Waals surface area contributed by atoms with Crippen LogP contribution in [-0.2, 0) is 16.2 Å². The molecule has 8 rings (SSSR count). The van der Waals surface area contributed by atoms with Gasteiger partial charge < -0.3 is 5.11 Å².